The average molecular weight is 375 g/mol. The predicted octanol–water partition coefficient (Wildman–Crippen LogP) is 4.43. The molecule has 1 fully saturated rings. The number of carbonyl (C=O) groups excluding carboxylic acids is 1. The second-order valence-corrected chi connectivity index (χ2v) is 7.85. The zero-order valence-corrected chi connectivity index (χ0v) is 15.6. The van der Waals surface area contributed by atoms with Gasteiger partial charge in [-0.15, -0.1) is 0 Å². The maximum Gasteiger partial charge on any atom is 0.254 e. The van der Waals surface area contributed by atoms with Gasteiger partial charge >= 0.3 is 0 Å². The molecule has 0 bridgehead atoms. The van der Waals surface area contributed by atoms with E-state index in [1.165, 1.54) is 17.2 Å². The lowest BCUT2D eigenvalue weighted by molar-refractivity contribution is 0.0645. The normalized spacial score (nSPS) is 21.0. The molecule has 3 aliphatic rings. The van der Waals surface area contributed by atoms with Crippen LogP contribution in [0.2, 0.25) is 0 Å². The van der Waals surface area contributed by atoms with Gasteiger partial charge in [0.05, 0.1) is 12.2 Å². The van der Waals surface area contributed by atoms with Crippen LogP contribution in [0.3, 0.4) is 0 Å². The highest BCUT2D eigenvalue weighted by molar-refractivity contribution is 5.95. The number of hydrogen-bond donors (Lipinski definition) is 0. The van der Waals surface area contributed by atoms with E-state index >= 15 is 0 Å². The lowest BCUT2D eigenvalue weighted by Gasteiger charge is -2.35. The molecule has 2 aromatic rings. The van der Waals surface area contributed by atoms with Gasteiger partial charge in [-0.25, -0.2) is 4.39 Å². The van der Waals surface area contributed by atoms with Crippen LogP contribution in [0.4, 0.5) is 4.39 Å². The summed E-state index contributed by atoms with van der Waals surface area (Å²) in [4.78, 5) is 23.9. The number of pyridine rings is 1. The predicted molar refractivity (Wildman–Crippen MR) is 107 cm³/mol. The smallest absolute Gasteiger partial charge is 0.254 e. The van der Waals surface area contributed by atoms with Crippen molar-refractivity contribution in [3.05, 3.63) is 65.1 Å². The first kappa shape index (κ1) is 17.3. The summed E-state index contributed by atoms with van der Waals surface area (Å²) >= 11 is 0. The number of halogens is 1. The summed E-state index contributed by atoms with van der Waals surface area (Å²) in [5, 5.41) is 0. The molecule has 1 atom stereocenters. The van der Waals surface area contributed by atoms with E-state index in [1.54, 1.807) is 30.5 Å². The second-order valence-electron chi connectivity index (χ2n) is 7.85. The van der Waals surface area contributed by atoms with E-state index in [0.29, 0.717) is 16.8 Å². The van der Waals surface area contributed by atoms with Crippen LogP contribution in [0.15, 0.2) is 58.7 Å². The minimum Gasteiger partial charge on any atom is -0.332 e. The molecule has 2 aliphatic carbocycles. The van der Waals surface area contributed by atoms with Gasteiger partial charge in [0.25, 0.3) is 5.91 Å². The molecule has 1 amide bonds. The molecule has 0 saturated heterocycles. The number of rotatable bonds is 4. The Hall–Kier alpha value is -2.82. The van der Waals surface area contributed by atoms with Crippen LogP contribution < -0.4 is 0 Å². The van der Waals surface area contributed by atoms with E-state index < -0.39 is 5.82 Å². The quantitative estimate of drug-likeness (QED) is 0.794. The van der Waals surface area contributed by atoms with Crippen LogP contribution >= 0.6 is 0 Å². The third kappa shape index (κ3) is 3.15. The van der Waals surface area contributed by atoms with E-state index in [1.807, 2.05) is 17.2 Å². The number of hydrogen-bond acceptors (Lipinski definition) is 3. The summed E-state index contributed by atoms with van der Waals surface area (Å²) in [6, 6.07) is 10.6. The van der Waals surface area contributed by atoms with Crippen molar-refractivity contribution >= 4 is 12.1 Å². The molecule has 0 N–H and O–H groups in total. The number of aromatic nitrogens is 1. The lowest BCUT2D eigenvalue weighted by atomic mass is 9.88. The molecule has 1 unspecified atom stereocenters. The van der Waals surface area contributed by atoms with Gasteiger partial charge in [0, 0.05) is 35.6 Å². The van der Waals surface area contributed by atoms with Crippen molar-refractivity contribution in [1.82, 2.24) is 9.88 Å². The first-order valence-corrected chi connectivity index (χ1v) is 9.95. The fourth-order valence-electron chi connectivity index (χ4n) is 4.34. The summed E-state index contributed by atoms with van der Waals surface area (Å²) < 4.78 is 14.8. The Balaban J connectivity index is 1.41. The Morgan fingerprint density at radius 1 is 1.11 bits per heavy atom. The molecule has 5 heteroatoms. The topological polar surface area (TPSA) is 45.6 Å². The molecule has 2 heterocycles. The van der Waals surface area contributed by atoms with Gasteiger partial charge in [0.2, 0.25) is 0 Å². The fraction of sp³-hybridized carbons (Fsp3) is 0.348. The molecule has 1 aliphatic heterocycles. The number of nitrogens with zero attached hydrogens (tertiary/aromatic N) is 3. The van der Waals surface area contributed by atoms with Crippen molar-refractivity contribution in [1.29, 1.82) is 0 Å². The van der Waals surface area contributed by atoms with Crippen LogP contribution in [0.1, 0.15) is 42.5 Å². The molecule has 0 spiro atoms. The molecule has 1 saturated carbocycles. The monoisotopic (exact) mass is 375 g/mol. The minimum atomic E-state index is -0.406. The second kappa shape index (κ2) is 6.97. The number of benzene rings is 1. The lowest BCUT2D eigenvalue weighted by Crippen LogP contribution is -2.43. The van der Waals surface area contributed by atoms with Gasteiger partial charge in [-0.1, -0.05) is 6.07 Å². The third-order valence-electron chi connectivity index (χ3n) is 5.94. The van der Waals surface area contributed by atoms with Crippen molar-refractivity contribution < 1.29 is 9.18 Å². The molecule has 1 aromatic heterocycles. The molecule has 28 heavy (non-hydrogen) atoms. The maximum absolute atomic E-state index is 14.8. The summed E-state index contributed by atoms with van der Waals surface area (Å²) in [5.41, 5.74) is 4.13. The Labute approximate surface area is 163 Å². The Bertz CT molecular complexity index is 979. The van der Waals surface area contributed by atoms with Gasteiger partial charge in [0.15, 0.2) is 0 Å². The van der Waals surface area contributed by atoms with Gasteiger partial charge in [-0.05, 0) is 73.6 Å². The van der Waals surface area contributed by atoms with Crippen LogP contribution in [-0.2, 0) is 0 Å². The Morgan fingerprint density at radius 2 is 2.00 bits per heavy atom. The van der Waals surface area contributed by atoms with Crippen molar-refractivity contribution in [2.45, 2.75) is 44.2 Å². The largest absolute Gasteiger partial charge is 0.332 e. The number of carbonyl (C=O) groups is 1. The molecular weight excluding hydrogens is 353 g/mol. The van der Waals surface area contributed by atoms with E-state index in [9.17, 15) is 9.18 Å². The van der Waals surface area contributed by atoms with E-state index in [-0.39, 0.29) is 18.0 Å². The van der Waals surface area contributed by atoms with Crippen molar-refractivity contribution in [3.8, 4) is 11.3 Å². The molecule has 1 aromatic carbocycles. The first-order valence-electron chi connectivity index (χ1n) is 9.95. The van der Waals surface area contributed by atoms with Crippen LogP contribution in [0.25, 0.3) is 11.3 Å². The number of aliphatic imine (C=N–C) groups is 1. The van der Waals surface area contributed by atoms with Crippen molar-refractivity contribution in [3.63, 3.8) is 0 Å². The summed E-state index contributed by atoms with van der Waals surface area (Å²) in [6.45, 7) is 0.819. The third-order valence-corrected chi connectivity index (χ3v) is 5.94. The van der Waals surface area contributed by atoms with Crippen molar-refractivity contribution in [2.24, 2.45) is 4.99 Å². The highest BCUT2D eigenvalue weighted by atomic mass is 19.1. The first-order chi connectivity index (χ1) is 13.7. The summed E-state index contributed by atoms with van der Waals surface area (Å²) in [7, 11) is 0. The van der Waals surface area contributed by atoms with E-state index in [4.69, 9.17) is 0 Å². The fourth-order valence-corrected chi connectivity index (χ4v) is 4.34. The van der Waals surface area contributed by atoms with Gasteiger partial charge < -0.3 is 4.90 Å². The SMILES string of the molecule is O=C(c1ccc(-c2ccccn2)c(F)c1)N(C1CC1)C1CCC2=C(C=NC2)C1. The molecule has 142 valence electrons. The van der Waals surface area contributed by atoms with E-state index in [2.05, 4.69) is 9.98 Å². The van der Waals surface area contributed by atoms with Crippen LogP contribution in [0, 0.1) is 5.82 Å². The van der Waals surface area contributed by atoms with Crippen LogP contribution in [-0.4, -0.2) is 40.6 Å². The minimum absolute atomic E-state index is 0.0574. The molecular formula is C23H22FN3O. The maximum atomic E-state index is 14.8. The van der Waals surface area contributed by atoms with Gasteiger partial charge in [-0.2, -0.15) is 0 Å². The van der Waals surface area contributed by atoms with Gasteiger partial charge in [-0.3, -0.25) is 14.8 Å². The van der Waals surface area contributed by atoms with Gasteiger partial charge in [0.1, 0.15) is 5.82 Å². The average Bonchev–Trinajstić information content (AvgIpc) is 3.44. The van der Waals surface area contributed by atoms with E-state index in [0.717, 1.165) is 38.6 Å². The molecule has 4 nitrogen and oxygen atoms in total. The van der Waals surface area contributed by atoms with Crippen molar-refractivity contribution in [2.75, 3.05) is 6.54 Å². The Morgan fingerprint density at radius 3 is 2.75 bits per heavy atom. The zero-order valence-electron chi connectivity index (χ0n) is 15.6. The van der Waals surface area contributed by atoms with Crippen LogP contribution in [0.5, 0.6) is 0 Å². The summed E-state index contributed by atoms with van der Waals surface area (Å²) in [6.07, 6.45) is 8.53. The Kier molecular flexibility index (Phi) is 4.30. The highest BCUT2D eigenvalue weighted by Crippen LogP contribution is 2.37. The zero-order chi connectivity index (χ0) is 19.1. The standard InChI is InChI=1S/C23H22FN3O/c24-21-12-15(5-9-20(21)22-3-1-2-10-26-22)23(28)27(18-7-8-18)19-6-4-16-13-25-14-17(16)11-19/h1-3,5,9-10,12,14,18-19H,4,6-8,11,13H2. The summed E-state index contributed by atoms with van der Waals surface area (Å²) in [5.74, 6) is -0.463. The molecule has 5 rings (SSSR count). The highest BCUT2D eigenvalue weighted by Gasteiger charge is 2.39. The molecule has 0 radical (unpaired) electrons. The number of amides is 1.